The fourth-order valence-corrected chi connectivity index (χ4v) is 3.70. The normalized spacial score (nSPS) is 12.9. The fourth-order valence-electron chi connectivity index (χ4n) is 2.54. The molecule has 0 heterocycles. The van der Waals surface area contributed by atoms with Crippen molar-refractivity contribution in [2.45, 2.75) is 24.8 Å². The van der Waals surface area contributed by atoms with E-state index in [1.807, 2.05) is 55.5 Å². The number of methoxy groups -OCH3 is 3. The van der Waals surface area contributed by atoms with Crippen molar-refractivity contribution >= 4 is 17.7 Å². The highest BCUT2D eigenvalue weighted by molar-refractivity contribution is 7.98. The first-order chi connectivity index (χ1) is 13.0. The minimum atomic E-state index is -0.772. The Morgan fingerprint density at radius 1 is 0.926 bits per heavy atom. The summed E-state index contributed by atoms with van der Waals surface area (Å²) in [5.74, 6) is 2.79. The molecule has 0 radical (unpaired) electrons. The molecule has 6 heteroatoms. The predicted molar refractivity (Wildman–Crippen MR) is 109 cm³/mol. The lowest BCUT2D eigenvalue weighted by atomic mass is 10.0. The molecular weight excluding hydrogens is 362 g/mol. The quantitative estimate of drug-likeness (QED) is 0.626. The molecule has 0 aliphatic rings. The number of thioether (sulfide) groups is 1. The number of esters is 1. The Balaban J connectivity index is 1.93. The second kappa shape index (κ2) is 10.2. The molecule has 27 heavy (non-hydrogen) atoms. The van der Waals surface area contributed by atoms with Crippen LogP contribution in [-0.2, 0) is 21.8 Å². The lowest BCUT2D eigenvalue weighted by molar-refractivity contribution is -0.146. The van der Waals surface area contributed by atoms with Gasteiger partial charge in [0.05, 0.1) is 21.3 Å². The Morgan fingerprint density at radius 2 is 1.44 bits per heavy atom. The lowest BCUT2D eigenvalue weighted by Crippen LogP contribution is -2.52. The summed E-state index contributed by atoms with van der Waals surface area (Å²) in [6, 6.07) is 15.7. The average molecular weight is 390 g/mol. The number of ether oxygens (including phenoxy) is 3. The van der Waals surface area contributed by atoms with Crippen molar-refractivity contribution in [1.82, 2.24) is 5.32 Å². The van der Waals surface area contributed by atoms with Crippen LogP contribution >= 0.6 is 11.8 Å². The summed E-state index contributed by atoms with van der Waals surface area (Å²) in [5.41, 5.74) is 1.49. The van der Waals surface area contributed by atoms with E-state index in [0.29, 0.717) is 12.3 Å². The zero-order valence-electron chi connectivity index (χ0n) is 16.3. The third-order valence-electron chi connectivity index (χ3n) is 4.30. The Hall–Kier alpha value is -2.18. The Morgan fingerprint density at radius 3 is 1.93 bits per heavy atom. The van der Waals surface area contributed by atoms with Crippen LogP contribution < -0.4 is 14.8 Å². The summed E-state index contributed by atoms with van der Waals surface area (Å²) in [4.78, 5) is 12.3. The molecule has 1 N–H and O–H groups in total. The summed E-state index contributed by atoms with van der Waals surface area (Å²) in [5, 5.41) is 3.35. The molecule has 1 atom stereocenters. The van der Waals surface area contributed by atoms with Crippen molar-refractivity contribution in [3.8, 4) is 11.5 Å². The zero-order valence-corrected chi connectivity index (χ0v) is 17.1. The molecule has 0 amide bonds. The highest BCUT2D eigenvalue weighted by atomic mass is 32.2. The number of carbonyl (C=O) groups excluding carboxylic acids is 1. The van der Waals surface area contributed by atoms with Gasteiger partial charge in [0.1, 0.15) is 17.0 Å². The number of hydrogen-bond acceptors (Lipinski definition) is 6. The molecule has 146 valence electrons. The number of benzene rings is 2. The van der Waals surface area contributed by atoms with Crippen molar-refractivity contribution in [1.29, 1.82) is 0 Å². The Kier molecular flexibility index (Phi) is 8.00. The van der Waals surface area contributed by atoms with Crippen molar-refractivity contribution in [2.24, 2.45) is 0 Å². The summed E-state index contributed by atoms with van der Waals surface area (Å²) in [6.07, 6.45) is 0. The Labute approximate surface area is 165 Å². The molecule has 0 saturated heterocycles. The Bertz CT molecular complexity index is 718. The highest BCUT2D eigenvalue weighted by Crippen LogP contribution is 2.22. The maximum absolute atomic E-state index is 12.3. The maximum Gasteiger partial charge on any atom is 0.326 e. The van der Waals surface area contributed by atoms with Crippen LogP contribution in [0.5, 0.6) is 11.5 Å². The van der Waals surface area contributed by atoms with Crippen LogP contribution in [0.2, 0.25) is 0 Å². The minimum Gasteiger partial charge on any atom is -0.497 e. The van der Waals surface area contributed by atoms with Gasteiger partial charge in [0.25, 0.3) is 0 Å². The molecule has 0 aliphatic carbocycles. The van der Waals surface area contributed by atoms with E-state index < -0.39 is 5.54 Å². The second-order valence-electron chi connectivity index (χ2n) is 6.37. The van der Waals surface area contributed by atoms with E-state index in [-0.39, 0.29) is 5.97 Å². The van der Waals surface area contributed by atoms with Gasteiger partial charge >= 0.3 is 5.97 Å². The largest absolute Gasteiger partial charge is 0.497 e. The molecule has 0 aromatic heterocycles. The third kappa shape index (κ3) is 6.19. The summed E-state index contributed by atoms with van der Waals surface area (Å²) in [6.45, 7) is 2.45. The average Bonchev–Trinajstić information content (AvgIpc) is 2.72. The fraction of sp³-hybridized carbons (Fsp3) is 0.381. The van der Waals surface area contributed by atoms with Gasteiger partial charge in [0.2, 0.25) is 0 Å². The SMILES string of the molecule is COC(=O)C(C)(CSCc1ccc(OC)cc1)NCc1ccc(OC)cc1. The van der Waals surface area contributed by atoms with E-state index in [1.54, 1.807) is 26.0 Å². The summed E-state index contributed by atoms with van der Waals surface area (Å²) in [7, 11) is 4.71. The van der Waals surface area contributed by atoms with Crippen LogP contribution in [0.1, 0.15) is 18.1 Å². The molecule has 0 bridgehead atoms. The number of carbonyl (C=O) groups is 1. The van der Waals surface area contributed by atoms with Gasteiger partial charge in [-0.2, -0.15) is 11.8 Å². The van der Waals surface area contributed by atoms with Gasteiger partial charge in [-0.3, -0.25) is 10.1 Å². The minimum absolute atomic E-state index is 0.266. The van der Waals surface area contributed by atoms with Crippen molar-refractivity contribution in [3.05, 3.63) is 59.7 Å². The van der Waals surface area contributed by atoms with Crippen LogP contribution in [0.25, 0.3) is 0 Å². The molecule has 2 rings (SSSR count). The summed E-state index contributed by atoms with van der Waals surface area (Å²) >= 11 is 1.69. The van der Waals surface area contributed by atoms with Gasteiger partial charge in [-0.25, -0.2) is 0 Å². The smallest absolute Gasteiger partial charge is 0.326 e. The monoisotopic (exact) mass is 389 g/mol. The van der Waals surface area contributed by atoms with Gasteiger partial charge in [-0.15, -0.1) is 0 Å². The number of nitrogens with one attached hydrogen (secondary N) is 1. The molecule has 0 aliphatic heterocycles. The first-order valence-corrected chi connectivity index (χ1v) is 9.83. The summed E-state index contributed by atoms with van der Waals surface area (Å²) < 4.78 is 15.4. The van der Waals surface area contributed by atoms with Gasteiger partial charge < -0.3 is 14.2 Å². The molecular formula is C21H27NO4S. The predicted octanol–water partition coefficient (Wildman–Crippen LogP) is 3.66. The van der Waals surface area contributed by atoms with Gasteiger partial charge in [-0.05, 0) is 42.3 Å². The lowest BCUT2D eigenvalue weighted by Gasteiger charge is -2.28. The molecule has 0 fully saturated rings. The van der Waals surface area contributed by atoms with Crippen molar-refractivity contribution < 1.29 is 19.0 Å². The maximum atomic E-state index is 12.3. The van der Waals surface area contributed by atoms with Crippen LogP contribution in [0, 0.1) is 0 Å². The van der Waals surface area contributed by atoms with E-state index in [9.17, 15) is 4.79 Å². The van der Waals surface area contributed by atoms with E-state index >= 15 is 0 Å². The van der Waals surface area contributed by atoms with Gasteiger partial charge in [0.15, 0.2) is 0 Å². The number of hydrogen-bond donors (Lipinski definition) is 1. The van der Waals surface area contributed by atoms with Crippen LogP contribution in [-0.4, -0.2) is 38.6 Å². The van der Waals surface area contributed by atoms with Gasteiger partial charge in [0, 0.05) is 18.1 Å². The molecule has 1 unspecified atom stereocenters. The molecule has 2 aromatic carbocycles. The van der Waals surface area contributed by atoms with Crippen LogP contribution in [0.3, 0.4) is 0 Å². The molecule has 2 aromatic rings. The topological polar surface area (TPSA) is 56.8 Å². The van der Waals surface area contributed by atoms with E-state index in [2.05, 4.69) is 5.32 Å². The highest BCUT2D eigenvalue weighted by Gasteiger charge is 2.33. The van der Waals surface area contributed by atoms with Crippen LogP contribution in [0.15, 0.2) is 48.5 Å². The van der Waals surface area contributed by atoms with Crippen molar-refractivity contribution in [2.75, 3.05) is 27.1 Å². The first kappa shape index (κ1) is 21.1. The standard InChI is InChI=1S/C21H27NO4S/c1-21(20(23)26-4,22-13-16-5-9-18(24-2)10-6-16)15-27-14-17-7-11-19(25-3)12-8-17/h5-12,22H,13-15H2,1-4H3. The van der Waals surface area contributed by atoms with Crippen molar-refractivity contribution in [3.63, 3.8) is 0 Å². The van der Waals surface area contributed by atoms with E-state index in [4.69, 9.17) is 14.2 Å². The number of rotatable bonds is 10. The van der Waals surface area contributed by atoms with Crippen LogP contribution in [0.4, 0.5) is 0 Å². The van der Waals surface area contributed by atoms with E-state index in [0.717, 1.165) is 22.8 Å². The molecule has 0 spiro atoms. The molecule has 5 nitrogen and oxygen atoms in total. The second-order valence-corrected chi connectivity index (χ2v) is 7.35. The zero-order chi connectivity index (χ0) is 19.7. The third-order valence-corrected chi connectivity index (χ3v) is 5.62. The van der Waals surface area contributed by atoms with Gasteiger partial charge in [-0.1, -0.05) is 24.3 Å². The first-order valence-electron chi connectivity index (χ1n) is 8.68. The molecule has 0 saturated carbocycles. The van der Waals surface area contributed by atoms with E-state index in [1.165, 1.54) is 12.7 Å².